The van der Waals surface area contributed by atoms with Gasteiger partial charge in [-0.25, -0.2) is 15.0 Å². The third kappa shape index (κ3) is 8.07. The lowest BCUT2D eigenvalue weighted by atomic mass is 9.98. The molecule has 0 saturated heterocycles. The van der Waals surface area contributed by atoms with Crippen LogP contribution < -0.4 is 26.7 Å². The van der Waals surface area contributed by atoms with Crippen molar-refractivity contribution in [2.24, 2.45) is 14.1 Å². The summed E-state index contributed by atoms with van der Waals surface area (Å²) < 4.78 is 11.3. The molecule has 18 nitrogen and oxygen atoms in total. The van der Waals surface area contributed by atoms with E-state index in [1.807, 2.05) is 6.07 Å². The van der Waals surface area contributed by atoms with Gasteiger partial charge in [-0.1, -0.05) is 0 Å². The number of hydrogen-bond acceptors (Lipinski definition) is 14. The lowest BCUT2D eigenvalue weighted by Crippen LogP contribution is -2.41. The highest BCUT2D eigenvalue weighted by molar-refractivity contribution is 9.10. The molecule has 1 amide bonds. The molecule has 19 heteroatoms. The molecule has 0 unspecified atom stereocenters. The summed E-state index contributed by atoms with van der Waals surface area (Å²) in [5.74, 6) is 0.303. The third-order valence-electron chi connectivity index (χ3n) is 9.23. The smallest absolute Gasteiger partial charge is 0.302 e. The van der Waals surface area contributed by atoms with Crippen molar-refractivity contribution in [2.75, 3.05) is 22.1 Å². The molecule has 6 aromatic rings. The summed E-state index contributed by atoms with van der Waals surface area (Å²) in [4.78, 5) is 64.6. The van der Waals surface area contributed by atoms with Crippen molar-refractivity contribution in [1.29, 1.82) is 0 Å². The number of anilines is 5. The fourth-order valence-corrected chi connectivity index (χ4v) is 7.24. The number of pyridine rings is 3. The zero-order chi connectivity index (χ0) is 39.3. The number of aryl methyl sites for hydroxylation is 3. The van der Waals surface area contributed by atoms with Crippen molar-refractivity contribution < 1.29 is 14.3 Å². The van der Waals surface area contributed by atoms with E-state index >= 15 is 0 Å². The molecule has 6 aromatic heterocycles. The van der Waals surface area contributed by atoms with Gasteiger partial charge in [0.05, 0.1) is 24.8 Å². The minimum atomic E-state index is -0.455. The summed E-state index contributed by atoms with van der Waals surface area (Å²) >= 11 is 3.30. The van der Waals surface area contributed by atoms with Crippen LogP contribution in [0.2, 0.25) is 0 Å². The number of amides is 1. The monoisotopic (exact) mass is 821 g/mol. The molecule has 0 spiro atoms. The van der Waals surface area contributed by atoms with Crippen LogP contribution in [0.5, 0.6) is 0 Å². The molecule has 0 aromatic carbocycles. The van der Waals surface area contributed by atoms with Gasteiger partial charge in [0.2, 0.25) is 11.9 Å². The van der Waals surface area contributed by atoms with E-state index in [1.54, 1.807) is 55.8 Å². The molecular formula is C37H36BrN13O5. The van der Waals surface area contributed by atoms with Crippen LogP contribution in [0.3, 0.4) is 0 Å². The number of hydrogen-bond donors (Lipinski definition) is 2. The molecule has 2 N–H and O–H groups in total. The van der Waals surface area contributed by atoms with Crippen molar-refractivity contribution in [2.45, 2.75) is 45.8 Å². The zero-order valence-corrected chi connectivity index (χ0v) is 32.2. The first-order valence-corrected chi connectivity index (χ1v) is 18.4. The normalized spacial score (nSPS) is 13.2. The Hall–Kier alpha value is -6.63. The highest BCUT2D eigenvalue weighted by Crippen LogP contribution is 2.35. The molecule has 56 heavy (non-hydrogen) atoms. The molecule has 7 heterocycles. The number of halogens is 1. The lowest BCUT2D eigenvalue weighted by Gasteiger charge is -2.31. The fourth-order valence-electron chi connectivity index (χ4n) is 6.70. The topological polar surface area (TPSA) is 210 Å². The SMILES string of the molecule is CC(=O)OCc1c(-c2cc(Nc3nccnn3)c(=O)n(C)c2)ccnc1N1CCn2c(cc3c2CCCC3)C1=O.Cn1cc(Br)cc(Nc2nccnn2)c1=O. The first-order valence-electron chi connectivity index (χ1n) is 17.6. The van der Waals surface area contributed by atoms with Crippen LogP contribution in [0.4, 0.5) is 29.1 Å². The maximum absolute atomic E-state index is 13.8. The predicted molar refractivity (Wildman–Crippen MR) is 209 cm³/mol. The zero-order valence-electron chi connectivity index (χ0n) is 30.6. The van der Waals surface area contributed by atoms with E-state index in [2.05, 4.69) is 66.5 Å². The molecule has 1 aliphatic heterocycles. The third-order valence-corrected chi connectivity index (χ3v) is 9.66. The second kappa shape index (κ2) is 16.4. The van der Waals surface area contributed by atoms with E-state index in [4.69, 9.17) is 4.74 Å². The van der Waals surface area contributed by atoms with Gasteiger partial charge in [-0.2, -0.15) is 10.2 Å². The van der Waals surface area contributed by atoms with E-state index in [0.29, 0.717) is 47.0 Å². The van der Waals surface area contributed by atoms with Gasteiger partial charge in [0.15, 0.2) is 0 Å². The number of fused-ring (bicyclic) bond motifs is 3. The summed E-state index contributed by atoms with van der Waals surface area (Å²) in [7, 11) is 3.31. The van der Waals surface area contributed by atoms with Crippen LogP contribution >= 0.6 is 15.9 Å². The summed E-state index contributed by atoms with van der Waals surface area (Å²) in [5.41, 5.74) is 5.25. The second-order valence-electron chi connectivity index (χ2n) is 13.0. The van der Waals surface area contributed by atoms with Crippen molar-refractivity contribution in [1.82, 2.24) is 49.0 Å². The Morgan fingerprint density at radius 2 is 1.48 bits per heavy atom. The predicted octanol–water partition coefficient (Wildman–Crippen LogP) is 3.86. The first-order chi connectivity index (χ1) is 27.1. The Labute approximate surface area is 327 Å². The van der Waals surface area contributed by atoms with Crippen LogP contribution in [-0.2, 0) is 49.6 Å². The van der Waals surface area contributed by atoms with Crippen molar-refractivity contribution >= 4 is 56.9 Å². The fraction of sp³-hybridized carbons (Fsp3) is 0.270. The maximum Gasteiger partial charge on any atom is 0.302 e. The minimum absolute atomic E-state index is 0.0908. The average molecular weight is 823 g/mol. The van der Waals surface area contributed by atoms with Gasteiger partial charge >= 0.3 is 5.97 Å². The van der Waals surface area contributed by atoms with E-state index in [9.17, 15) is 19.2 Å². The maximum atomic E-state index is 13.8. The van der Waals surface area contributed by atoms with Crippen LogP contribution in [0.25, 0.3) is 11.1 Å². The van der Waals surface area contributed by atoms with Crippen molar-refractivity contribution in [3.05, 3.63) is 115 Å². The number of carbonyl (C=O) groups is 2. The van der Waals surface area contributed by atoms with E-state index in [-0.39, 0.29) is 41.2 Å². The van der Waals surface area contributed by atoms with Gasteiger partial charge in [0.1, 0.15) is 29.5 Å². The van der Waals surface area contributed by atoms with E-state index < -0.39 is 5.97 Å². The molecular weight excluding hydrogens is 786 g/mol. The lowest BCUT2D eigenvalue weighted by molar-refractivity contribution is -0.142. The van der Waals surface area contributed by atoms with Crippen LogP contribution in [0.1, 0.15) is 47.1 Å². The molecule has 8 rings (SSSR count). The van der Waals surface area contributed by atoms with Gasteiger partial charge in [-0.15, -0.1) is 10.2 Å². The number of nitrogens with zero attached hydrogens (tertiary/aromatic N) is 11. The highest BCUT2D eigenvalue weighted by atomic mass is 79.9. The first kappa shape index (κ1) is 37.7. The summed E-state index contributed by atoms with van der Waals surface area (Å²) in [6, 6.07) is 7.14. The number of rotatable bonds is 8. The quantitative estimate of drug-likeness (QED) is 0.209. The van der Waals surface area contributed by atoms with Crippen LogP contribution in [0, 0.1) is 0 Å². The molecule has 1 aliphatic carbocycles. The van der Waals surface area contributed by atoms with E-state index in [1.165, 1.54) is 52.1 Å². The molecule has 0 bridgehead atoms. The van der Waals surface area contributed by atoms with Crippen molar-refractivity contribution in [3.8, 4) is 11.1 Å². The Kier molecular flexibility index (Phi) is 11.0. The van der Waals surface area contributed by atoms with Crippen molar-refractivity contribution in [3.63, 3.8) is 0 Å². The minimum Gasteiger partial charge on any atom is -0.461 e. The Morgan fingerprint density at radius 1 is 0.821 bits per heavy atom. The average Bonchev–Trinajstić information content (AvgIpc) is 3.58. The molecule has 0 atom stereocenters. The Bertz CT molecular complexity index is 2540. The summed E-state index contributed by atoms with van der Waals surface area (Å²) in [6.45, 7) is 2.34. The van der Waals surface area contributed by atoms with Gasteiger partial charge in [0, 0.05) is 74.0 Å². The molecule has 0 fully saturated rings. The van der Waals surface area contributed by atoms with Gasteiger partial charge in [-0.3, -0.25) is 24.1 Å². The van der Waals surface area contributed by atoms with Gasteiger partial charge in [0.25, 0.3) is 17.0 Å². The van der Waals surface area contributed by atoms with Gasteiger partial charge in [-0.05, 0) is 77.0 Å². The molecule has 0 saturated carbocycles. The molecule has 286 valence electrons. The highest BCUT2D eigenvalue weighted by Gasteiger charge is 2.32. The number of esters is 1. The summed E-state index contributed by atoms with van der Waals surface area (Å²) in [6.07, 6.45) is 15.1. The summed E-state index contributed by atoms with van der Waals surface area (Å²) in [5, 5.41) is 20.8. The number of carbonyl (C=O) groups excluding carboxylic acids is 2. The standard InChI is InChI=1S/C28H28N8O4.C9H8BrN5O/c1-17(37)40-16-21-20(19-13-22(26(38)34(2)15-19)32-28-30-9-10-31-33-28)7-8-29-25(21)36-12-11-35-23-6-4-3-5-18(23)14-24(35)27(36)39;1-15-5-6(10)4-7(8(15)16)13-9-11-2-3-12-14-9/h7-10,13-15H,3-6,11-12,16H2,1-2H3,(H,30,32,33);2-5H,1H3,(H,11,13,14). The van der Waals surface area contributed by atoms with Crippen LogP contribution in [0.15, 0.2) is 81.7 Å². The second-order valence-corrected chi connectivity index (χ2v) is 13.9. The van der Waals surface area contributed by atoms with Crippen LogP contribution in [-0.4, -0.2) is 67.5 Å². The molecule has 2 aliphatic rings. The number of ether oxygens (including phenoxy) is 1. The number of aromatic nitrogens is 10. The Morgan fingerprint density at radius 3 is 2.14 bits per heavy atom. The Balaban J connectivity index is 0.000000251. The van der Waals surface area contributed by atoms with E-state index in [0.717, 1.165) is 30.2 Å². The number of nitrogens with one attached hydrogen (secondary N) is 2. The molecule has 0 radical (unpaired) electrons. The largest absolute Gasteiger partial charge is 0.461 e. The van der Waals surface area contributed by atoms with Gasteiger partial charge < -0.3 is 29.1 Å².